The minimum atomic E-state index is -0.734. The van der Waals surface area contributed by atoms with Crippen LogP contribution in [0, 0.1) is 6.92 Å². The minimum Gasteiger partial charge on any atom is -0.508 e. The van der Waals surface area contributed by atoms with Gasteiger partial charge in [-0.3, -0.25) is 0 Å². The molecule has 0 aromatic heterocycles. The van der Waals surface area contributed by atoms with E-state index in [-0.39, 0.29) is 33.6 Å². The Balaban J connectivity index is 2.59. The maximum atomic E-state index is 11.9. The smallest absolute Gasteiger partial charge is 0.341 e. The van der Waals surface area contributed by atoms with E-state index in [4.69, 9.17) is 21.1 Å². The molecule has 0 heterocycles. The van der Waals surface area contributed by atoms with Gasteiger partial charge in [-0.1, -0.05) is 11.6 Å². The summed E-state index contributed by atoms with van der Waals surface area (Å²) in [5.41, 5.74) is 0.672. The summed E-state index contributed by atoms with van der Waals surface area (Å²) in [5, 5.41) is 19.7. The van der Waals surface area contributed by atoms with Crippen LogP contribution >= 0.6 is 11.6 Å². The highest BCUT2D eigenvalue weighted by atomic mass is 35.5. The monoisotopic (exact) mass is 338 g/mol. The fourth-order valence-electron chi connectivity index (χ4n) is 2.02. The Morgan fingerprint density at radius 3 is 2.39 bits per heavy atom. The van der Waals surface area contributed by atoms with E-state index >= 15 is 0 Å². The number of methoxy groups -OCH3 is 2. The number of hydrogen-bond donors (Lipinski definition) is 2. The Hall–Kier alpha value is -2.60. The number of phenolic OH excluding ortho intramolecular Hbond substituents is 2. The van der Waals surface area contributed by atoms with Gasteiger partial charge in [-0.15, -0.1) is 0 Å². The average Bonchev–Trinajstić information content (AvgIpc) is 2.50. The van der Waals surface area contributed by atoms with Crippen LogP contribution in [0.15, 0.2) is 24.3 Å². The zero-order valence-corrected chi connectivity index (χ0v) is 13.5. The maximum Gasteiger partial charge on any atom is 0.341 e. The molecule has 0 saturated carbocycles. The first-order chi connectivity index (χ1) is 10.9. The molecule has 0 aliphatic rings. The predicted molar refractivity (Wildman–Crippen MR) is 83.9 cm³/mol. The molecular weight excluding hydrogens is 324 g/mol. The maximum absolute atomic E-state index is 11.9. The van der Waals surface area contributed by atoms with E-state index in [1.165, 1.54) is 32.4 Å². The molecule has 2 N–H and O–H groups in total. The molecule has 2 aromatic carbocycles. The van der Waals surface area contributed by atoms with E-state index in [0.29, 0.717) is 0 Å². The van der Waals surface area contributed by atoms with Crippen LogP contribution in [-0.4, -0.2) is 30.4 Å². The van der Waals surface area contributed by atoms with E-state index in [1.54, 1.807) is 13.0 Å². The van der Waals surface area contributed by atoms with Gasteiger partial charge in [-0.25, -0.2) is 4.79 Å². The Labute approximate surface area is 137 Å². The quantitative estimate of drug-likeness (QED) is 0.828. The standard InChI is InChI=1S/C16H15ClO6/c1-8-4-9(18)6-10(5-8)23-15-11(16(20)22-3)7-12(21-2)13(17)14(15)19/h4-7,18-19H,1-3H3. The number of benzene rings is 2. The second-order valence-corrected chi connectivity index (χ2v) is 5.09. The van der Waals surface area contributed by atoms with E-state index in [9.17, 15) is 15.0 Å². The first-order valence-corrected chi connectivity index (χ1v) is 6.91. The molecule has 0 radical (unpaired) electrons. The van der Waals surface area contributed by atoms with Gasteiger partial charge in [0.05, 0.1) is 14.2 Å². The van der Waals surface area contributed by atoms with Crippen LogP contribution in [0.25, 0.3) is 0 Å². The second kappa shape index (κ2) is 6.66. The van der Waals surface area contributed by atoms with Crippen molar-refractivity contribution in [3.05, 3.63) is 40.4 Å². The number of ether oxygens (including phenoxy) is 3. The minimum absolute atomic E-state index is 0.0151. The SMILES string of the molecule is COC(=O)c1cc(OC)c(Cl)c(O)c1Oc1cc(C)cc(O)c1. The van der Waals surface area contributed by atoms with E-state index in [0.717, 1.165) is 5.56 Å². The van der Waals surface area contributed by atoms with Crippen LogP contribution < -0.4 is 9.47 Å². The molecule has 0 unspecified atom stereocenters. The predicted octanol–water partition coefficient (Wildman–Crippen LogP) is 3.65. The zero-order valence-electron chi connectivity index (χ0n) is 12.7. The summed E-state index contributed by atoms with van der Waals surface area (Å²) in [6.45, 7) is 1.76. The molecule has 6 nitrogen and oxygen atoms in total. The van der Waals surface area contributed by atoms with Gasteiger partial charge in [0.1, 0.15) is 27.8 Å². The molecule has 0 spiro atoms. The lowest BCUT2D eigenvalue weighted by Crippen LogP contribution is -2.05. The van der Waals surface area contributed by atoms with Gasteiger partial charge < -0.3 is 24.4 Å². The largest absolute Gasteiger partial charge is 0.508 e. The molecule has 0 aliphatic heterocycles. The summed E-state index contributed by atoms with van der Waals surface area (Å²) in [5.74, 6) is -1.07. The third-order valence-corrected chi connectivity index (χ3v) is 3.41. The van der Waals surface area contributed by atoms with Crippen LogP contribution in [0.5, 0.6) is 28.7 Å². The van der Waals surface area contributed by atoms with E-state index in [1.807, 2.05) is 0 Å². The molecule has 2 aromatic rings. The summed E-state index contributed by atoms with van der Waals surface area (Å²) in [6.07, 6.45) is 0. The lowest BCUT2D eigenvalue weighted by atomic mass is 10.1. The first-order valence-electron chi connectivity index (χ1n) is 6.53. The molecule has 0 aliphatic carbocycles. The summed E-state index contributed by atoms with van der Waals surface area (Å²) >= 11 is 5.99. The van der Waals surface area contributed by atoms with Crippen LogP contribution in [0.4, 0.5) is 0 Å². The fraction of sp³-hybridized carbons (Fsp3) is 0.188. The van der Waals surface area contributed by atoms with Crippen LogP contribution in [0.3, 0.4) is 0 Å². The van der Waals surface area contributed by atoms with Crippen molar-refractivity contribution in [3.8, 4) is 28.7 Å². The molecule has 0 bridgehead atoms. The summed E-state index contributed by atoms with van der Waals surface area (Å²) in [4.78, 5) is 11.9. The summed E-state index contributed by atoms with van der Waals surface area (Å²) in [6, 6.07) is 5.80. The number of carbonyl (C=O) groups excluding carboxylic acids is 1. The van der Waals surface area contributed by atoms with Crippen molar-refractivity contribution in [2.75, 3.05) is 14.2 Å². The van der Waals surface area contributed by atoms with Gasteiger partial charge >= 0.3 is 5.97 Å². The van der Waals surface area contributed by atoms with Crippen molar-refractivity contribution in [1.82, 2.24) is 0 Å². The average molecular weight is 339 g/mol. The van der Waals surface area contributed by atoms with Gasteiger partial charge in [-0.2, -0.15) is 0 Å². The fourth-order valence-corrected chi connectivity index (χ4v) is 2.24. The molecule has 2 rings (SSSR count). The van der Waals surface area contributed by atoms with Crippen LogP contribution in [0.1, 0.15) is 15.9 Å². The normalized spacial score (nSPS) is 10.3. The van der Waals surface area contributed by atoms with Gasteiger partial charge in [0, 0.05) is 12.1 Å². The topological polar surface area (TPSA) is 85.2 Å². The van der Waals surface area contributed by atoms with Gasteiger partial charge in [0.25, 0.3) is 0 Å². The summed E-state index contributed by atoms with van der Waals surface area (Å²) in [7, 11) is 2.55. The Kier molecular flexibility index (Phi) is 4.86. The van der Waals surface area contributed by atoms with Crippen molar-refractivity contribution in [3.63, 3.8) is 0 Å². The van der Waals surface area contributed by atoms with Gasteiger partial charge in [-0.05, 0) is 24.6 Å². The van der Waals surface area contributed by atoms with Crippen molar-refractivity contribution in [1.29, 1.82) is 0 Å². The summed E-state index contributed by atoms with van der Waals surface area (Å²) < 4.78 is 15.2. The molecule has 7 heteroatoms. The number of phenols is 2. The lowest BCUT2D eigenvalue weighted by molar-refractivity contribution is 0.0596. The molecular formula is C16H15ClO6. The number of halogens is 1. The van der Waals surface area contributed by atoms with Crippen LogP contribution in [0.2, 0.25) is 5.02 Å². The molecule has 23 heavy (non-hydrogen) atoms. The van der Waals surface area contributed by atoms with Crippen molar-refractivity contribution < 1.29 is 29.2 Å². The number of aromatic hydroxyl groups is 2. The van der Waals surface area contributed by atoms with Crippen molar-refractivity contribution >= 4 is 17.6 Å². The van der Waals surface area contributed by atoms with Crippen LogP contribution in [-0.2, 0) is 4.74 Å². The molecule has 0 saturated heterocycles. The highest BCUT2D eigenvalue weighted by molar-refractivity contribution is 6.34. The number of aryl methyl sites for hydroxylation is 1. The Morgan fingerprint density at radius 1 is 1.13 bits per heavy atom. The Morgan fingerprint density at radius 2 is 1.83 bits per heavy atom. The van der Waals surface area contributed by atoms with E-state index in [2.05, 4.69) is 4.74 Å². The Bertz CT molecular complexity index is 736. The number of rotatable bonds is 4. The molecule has 0 amide bonds. The molecule has 0 atom stereocenters. The number of carbonyl (C=O) groups is 1. The highest BCUT2D eigenvalue weighted by Gasteiger charge is 2.24. The second-order valence-electron chi connectivity index (χ2n) is 4.72. The first kappa shape index (κ1) is 16.8. The van der Waals surface area contributed by atoms with Crippen molar-refractivity contribution in [2.45, 2.75) is 6.92 Å². The third kappa shape index (κ3) is 3.43. The highest BCUT2D eigenvalue weighted by Crippen LogP contribution is 2.45. The van der Waals surface area contributed by atoms with E-state index < -0.39 is 11.7 Å². The number of esters is 1. The molecule has 0 fully saturated rings. The van der Waals surface area contributed by atoms with Gasteiger partial charge in [0.2, 0.25) is 0 Å². The number of hydrogen-bond acceptors (Lipinski definition) is 6. The van der Waals surface area contributed by atoms with Gasteiger partial charge in [0.15, 0.2) is 11.5 Å². The third-order valence-electron chi connectivity index (χ3n) is 3.04. The lowest BCUT2D eigenvalue weighted by Gasteiger charge is -2.15. The zero-order chi connectivity index (χ0) is 17.1. The van der Waals surface area contributed by atoms with Crippen molar-refractivity contribution in [2.24, 2.45) is 0 Å². The molecule has 122 valence electrons.